The molecule has 0 unspecified atom stereocenters. The molecule has 0 saturated heterocycles. The van der Waals surface area contributed by atoms with E-state index >= 15 is 0 Å². The Balaban J connectivity index is 1.80. The number of rotatable bonds is 5. The highest BCUT2D eigenvalue weighted by atomic mass is 19.2. The van der Waals surface area contributed by atoms with Crippen molar-refractivity contribution in [1.29, 1.82) is 0 Å². The second kappa shape index (κ2) is 7.12. The van der Waals surface area contributed by atoms with E-state index in [4.69, 9.17) is 4.74 Å². The molecule has 1 aromatic heterocycles. The van der Waals surface area contributed by atoms with Crippen molar-refractivity contribution < 1.29 is 13.5 Å². The lowest BCUT2D eigenvalue weighted by Crippen LogP contribution is -2.02. The number of methoxy groups -OCH3 is 1. The summed E-state index contributed by atoms with van der Waals surface area (Å²) >= 11 is 0. The Kier molecular flexibility index (Phi) is 4.74. The van der Waals surface area contributed by atoms with Crippen molar-refractivity contribution in [1.82, 2.24) is 9.97 Å². The normalized spacial score (nSPS) is 10.4. The third-order valence-corrected chi connectivity index (χ3v) is 3.39. The minimum absolute atomic E-state index is 0.384. The summed E-state index contributed by atoms with van der Waals surface area (Å²) in [4.78, 5) is 8.66. The van der Waals surface area contributed by atoms with Crippen LogP contribution in [0.15, 0.2) is 48.5 Å². The highest BCUT2D eigenvalue weighted by Gasteiger charge is 2.06. The Morgan fingerprint density at radius 1 is 0.840 bits per heavy atom. The Hall–Kier alpha value is -3.22. The molecule has 0 spiro atoms. The van der Waals surface area contributed by atoms with E-state index in [2.05, 4.69) is 20.6 Å². The van der Waals surface area contributed by atoms with Gasteiger partial charge in [0.2, 0.25) is 5.95 Å². The molecule has 0 aliphatic rings. The van der Waals surface area contributed by atoms with Crippen LogP contribution < -0.4 is 15.4 Å². The molecular formula is C18H16F2N4O. The second-order valence-electron chi connectivity index (χ2n) is 5.33. The molecule has 25 heavy (non-hydrogen) atoms. The number of benzene rings is 2. The van der Waals surface area contributed by atoms with Gasteiger partial charge in [0.1, 0.15) is 11.6 Å². The van der Waals surface area contributed by atoms with Crippen molar-refractivity contribution in [2.45, 2.75) is 6.92 Å². The Bertz CT molecular complexity index is 885. The Morgan fingerprint density at radius 3 is 2.24 bits per heavy atom. The smallest absolute Gasteiger partial charge is 0.229 e. The molecule has 1 heterocycles. The molecule has 0 amide bonds. The van der Waals surface area contributed by atoms with Crippen molar-refractivity contribution in [3.63, 3.8) is 0 Å². The average Bonchev–Trinajstić information content (AvgIpc) is 2.58. The molecule has 5 nitrogen and oxygen atoms in total. The predicted molar refractivity (Wildman–Crippen MR) is 92.7 cm³/mol. The van der Waals surface area contributed by atoms with Gasteiger partial charge in [0, 0.05) is 29.2 Å². The number of hydrogen-bond donors (Lipinski definition) is 2. The lowest BCUT2D eigenvalue weighted by Gasteiger charge is -2.10. The van der Waals surface area contributed by atoms with E-state index < -0.39 is 11.6 Å². The molecule has 2 aromatic carbocycles. The zero-order valence-corrected chi connectivity index (χ0v) is 13.7. The summed E-state index contributed by atoms with van der Waals surface area (Å²) < 4.78 is 31.4. The van der Waals surface area contributed by atoms with E-state index in [1.54, 1.807) is 13.2 Å². The molecule has 0 bridgehead atoms. The third kappa shape index (κ3) is 4.20. The fourth-order valence-electron chi connectivity index (χ4n) is 2.21. The molecule has 128 valence electrons. The van der Waals surface area contributed by atoms with Crippen molar-refractivity contribution in [3.05, 3.63) is 65.9 Å². The lowest BCUT2D eigenvalue weighted by molar-refractivity contribution is 0.415. The minimum atomic E-state index is -0.924. The molecule has 7 heteroatoms. The van der Waals surface area contributed by atoms with Gasteiger partial charge in [0.15, 0.2) is 11.6 Å². The van der Waals surface area contributed by atoms with E-state index in [-0.39, 0.29) is 0 Å². The summed E-state index contributed by atoms with van der Waals surface area (Å²) in [7, 11) is 1.60. The van der Waals surface area contributed by atoms with Crippen LogP contribution >= 0.6 is 0 Å². The largest absolute Gasteiger partial charge is 0.497 e. The van der Waals surface area contributed by atoms with Crippen molar-refractivity contribution in [2.75, 3.05) is 17.7 Å². The van der Waals surface area contributed by atoms with Gasteiger partial charge in [-0.3, -0.25) is 0 Å². The van der Waals surface area contributed by atoms with Crippen molar-refractivity contribution >= 4 is 23.1 Å². The van der Waals surface area contributed by atoms with Crippen LogP contribution in [0, 0.1) is 18.6 Å². The highest BCUT2D eigenvalue weighted by Crippen LogP contribution is 2.22. The lowest BCUT2D eigenvalue weighted by atomic mass is 10.3. The van der Waals surface area contributed by atoms with Crippen LogP contribution in [0.3, 0.4) is 0 Å². The summed E-state index contributed by atoms with van der Waals surface area (Å²) in [6.07, 6.45) is 0. The molecule has 2 N–H and O–H groups in total. The minimum Gasteiger partial charge on any atom is -0.497 e. The van der Waals surface area contributed by atoms with Crippen LogP contribution in [0.5, 0.6) is 5.75 Å². The zero-order chi connectivity index (χ0) is 17.8. The highest BCUT2D eigenvalue weighted by molar-refractivity contribution is 5.60. The van der Waals surface area contributed by atoms with Crippen LogP contribution in [0.2, 0.25) is 0 Å². The topological polar surface area (TPSA) is 59.1 Å². The fourth-order valence-corrected chi connectivity index (χ4v) is 2.21. The molecule has 0 atom stereocenters. The van der Waals surface area contributed by atoms with Crippen molar-refractivity contribution in [3.8, 4) is 5.75 Å². The SMILES string of the molecule is COc1ccc(Nc2nc(C)cc(Nc3ccc(F)c(F)c3)n2)cc1. The number of nitrogens with one attached hydrogen (secondary N) is 2. The molecule has 0 radical (unpaired) electrons. The number of ether oxygens (including phenoxy) is 1. The van der Waals surface area contributed by atoms with E-state index in [1.807, 2.05) is 31.2 Å². The molecule has 0 aliphatic heterocycles. The molecular weight excluding hydrogens is 326 g/mol. The van der Waals surface area contributed by atoms with Gasteiger partial charge < -0.3 is 15.4 Å². The summed E-state index contributed by atoms with van der Waals surface area (Å²) in [5.74, 6) is -0.222. The first-order valence-electron chi connectivity index (χ1n) is 7.52. The maximum Gasteiger partial charge on any atom is 0.229 e. The van der Waals surface area contributed by atoms with Gasteiger partial charge >= 0.3 is 0 Å². The number of aromatic nitrogens is 2. The monoisotopic (exact) mass is 342 g/mol. The number of aryl methyl sites for hydroxylation is 1. The maximum absolute atomic E-state index is 13.3. The maximum atomic E-state index is 13.3. The first kappa shape index (κ1) is 16.6. The number of nitrogens with zero attached hydrogens (tertiary/aromatic N) is 2. The van der Waals surface area contributed by atoms with Gasteiger partial charge in [0.25, 0.3) is 0 Å². The summed E-state index contributed by atoms with van der Waals surface area (Å²) in [5, 5.41) is 6.03. The standard InChI is InChI=1S/C18H16F2N4O/c1-11-9-17(22-13-5-8-15(19)16(20)10-13)24-18(21-11)23-12-3-6-14(25-2)7-4-12/h3-10H,1-2H3,(H2,21,22,23,24). The van der Waals surface area contributed by atoms with Crippen LogP contribution in [-0.2, 0) is 0 Å². The molecule has 0 saturated carbocycles. The average molecular weight is 342 g/mol. The number of halogens is 2. The van der Waals surface area contributed by atoms with Crippen LogP contribution in [0.1, 0.15) is 5.69 Å². The predicted octanol–water partition coefficient (Wildman–Crippen LogP) is 4.56. The first-order chi connectivity index (χ1) is 12.0. The number of anilines is 4. The van der Waals surface area contributed by atoms with E-state index in [1.165, 1.54) is 6.07 Å². The van der Waals surface area contributed by atoms with Crippen LogP contribution in [0.25, 0.3) is 0 Å². The van der Waals surface area contributed by atoms with Crippen LogP contribution in [-0.4, -0.2) is 17.1 Å². The van der Waals surface area contributed by atoms with Crippen LogP contribution in [0.4, 0.5) is 31.9 Å². The first-order valence-corrected chi connectivity index (χ1v) is 7.52. The van der Waals surface area contributed by atoms with E-state index in [0.29, 0.717) is 17.5 Å². The van der Waals surface area contributed by atoms with Gasteiger partial charge in [-0.25, -0.2) is 13.8 Å². The Morgan fingerprint density at radius 2 is 1.56 bits per heavy atom. The fraction of sp³-hybridized carbons (Fsp3) is 0.111. The summed E-state index contributed by atoms with van der Waals surface area (Å²) in [6.45, 7) is 1.82. The van der Waals surface area contributed by atoms with E-state index in [0.717, 1.165) is 29.3 Å². The molecule has 0 fully saturated rings. The van der Waals surface area contributed by atoms with Gasteiger partial charge in [-0.15, -0.1) is 0 Å². The van der Waals surface area contributed by atoms with Gasteiger partial charge in [-0.1, -0.05) is 0 Å². The second-order valence-corrected chi connectivity index (χ2v) is 5.33. The zero-order valence-electron chi connectivity index (χ0n) is 13.7. The molecule has 3 aromatic rings. The van der Waals surface area contributed by atoms with Gasteiger partial charge in [-0.05, 0) is 43.3 Å². The van der Waals surface area contributed by atoms with E-state index in [9.17, 15) is 8.78 Å². The third-order valence-electron chi connectivity index (χ3n) is 3.39. The molecule has 0 aliphatic carbocycles. The van der Waals surface area contributed by atoms with Gasteiger partial charge in [0.05, 0.1) is 7.11 Å². The quantitative estimate of drug-likeness (QED) is 0.712. The molecule has 3 rings (SSSR count). The summed E-state index contributed by atoms with van der Waals surface area (Å²) in [6, 6.07) is 12.6. The Labute approximate surface area is 143 Å². The van der Waals surface area contributed by atoms with Gasteiger partial charge in [-0.2, -0.15) is 4.98 Å². The summed E-state index contributed by atoms with van der Waals surface area (Å²) in [5.41, 5.74) is 1.91. The number of hydrogen-bond acceptors (Lipinski definition) is 5. The van der Waals surface area contributed by atoms with Crippen molar-refractivity contribution in [2.24, 2.45) is 0 Å².